The highest BCUT2D eigenvalue weighted by Crippen LogP contribution is 2.11. The molecule has 1 amide bonds. The Balaban J connectivity index is 2.42. The summed E-state index contributed by atoms with van der Waals surface area (Å²) in [6, 6.07) is 5.55. The predicted octanol–water partition coefficient (Wildman–Crippen LogP) is 1.73. The average Bonchev–Trinajstić information content (AvgIpc) is 2.36. The van der Waals surface area contributed by atoms with Crippen LogP contribution in [0.25, 0.3) is 0 Å². The lowest BCUT2D eigenvalue weighted by Gasteiger charge is -2.21. The highest BCUT2D eigenvalue weighted by Gasteiger charge is 2.15. The van der Waals surface area contributed by atoms with Crippen LogP contribution in [0.4, 0.5) is 4.39 Å². The van der Waals surface area contributed by atoms with Gasteiger partial charge >= 0.3 is 0 Å². The van der Waals surface area contributed by atoms with E-state index in [1.54, 1.807) is 6.07 Å². The first-order chi connectivity index (χ1) is 9.02. The Bertz CT molecular complexity index is 409. The van der Waals surface area contributed by atoms with Crippen LogP contribution in [0.3, 0.4) is 0 Å². The van der Waals surface area contributed by atoms with Gasteiger partial charge in [-0.2, -0.15) is 0 Å². The molecule has 0 aliphatic heterocycles. The number of rotatable bonds is 7. The summed E-state index contributed by atoms with van der Waals surface area (Å²) in [7, 11) is 0. The second kappa shape index (κ2) is 7.74. The van der Waals surface area contributed by atoms with Gasteiger partial charge in [-0.3, -0.25) is 4.79 Å². The molecule has 1 unspecified atom stereocenters. The SMILES string of the molecule is CC(C)C(CCO)NC(=O)COc1cccc(F)c1. The minimum atomic E-state index is -0.404. The van der Waals surface area contributed by atoms with Crippen LogP contribution in [0.2, 0.25) is 0 Å². The largest absolute Gasteiger partial charge is 0.484 e. The molecule has 5 heteroatoms. The fourth-order valence-electron chi connectivity index (χ4n) is 1.67. The zero-order valence-electron chi connectivity index (χ0n) is 11.2. The number of nitrogens with one attached hydrogen (secondary N) is 1. The number of aliphatic hydroxyl groups is 1. The average molecular weight is 269 g/mol. The number of carbonyl (C=O) groups excluding carboxylic acids is 1. The quantitative estimate of drug-likeness (QED) is 0.792. The summed E-state index contributed by atoms with van der Waals surface area (Å²) in [4.78, 5) is 11.7. The summed E-state index contributed by atoms with van der Waals surface area (Å²) in [5.74, 6) is -0.140. The summed E-state index contributed by atoms with van der Waals surface area (Å²) in [6.07, 6.45) is 0.503. The van der Waals surface area contributed by atoms with Gasteiger partial charge in [0.05, 0.1) is 0 Å². The van der Waals surface area contributed by atoms with Crippen molar-refractivity contribution in [3.8, 4) is 5.75 Å². The van der Waals surface area contributed by atoms with Crippen molar-refractivity contribution in [1.82, 2.24) is 5.32 Å². The van der Waals surface area contributed by atoms with Gasteiger partial charge in [-0.25, -0.2) is 4.39 Å². The van der Waals surface area contributed by atoms with Gasteiger partial charge in [0.2, 0.25) is 0 Å². The molecule has 0 aliphatic carbocycles. The third-order valence-electron chi connectivity index (χ3n) is 2.76. The normalized spacial score (nSPS) is 12.3. The molecular formula is C14H20FNO3. The maximum Gasteiger partial charge on any atom is 0.258 e. The molecule has 0 heterocycles. The van der Waals surface area contributed by atoms with Gasteiger partial charge in [0.25, 0.3) is 5.91 Å². The number of aliphatic hydroxyl groups excluding tert-OH is 1. The van der Waals surface area contributed by atoms with Gasteiger partial charge in [0.15, 0.2) is 6.61 Å². The Kier molecular flexibility index (Phi) is 6.29. The highest BCUT2D eigenvalue weighted by atomic mass is 19.1. The van der Waals surface area contributed by atoms with E-state index in [0.29, 0.717) is 12.2 Å². The van der Waals surface area contributed by atoms with E-state index in [-0.39, 0.29) is 31.1 Å². The second-order valence-corrected chi connectivity index (χ2v) is 4.68. The molecule has 0 fully saturated rings. The number of ether oxygens (including phenoxy) is 1. The second-order valence-electron chi connectivity index (χ2n) is 4.68. The van der Waals surface area contributed by atoms with Crippen LogP contribution >= 0.6 is 0 Å². The van der Waals surface area contributed by atoms with Crippen molar-refractivity contribution in [2.45, 2.75) is 26.3 Å². The van der Waals surface area contributed by atoms with Crippen LogP contribution in [0.5, 0.6) is 5.75 Å². The molecular weight excluding hydrogens is 249 g/mol. The van der Waals surface area contributed by atoms with Crippen LogP contribution in [0.1, 0.15) is 20.3 Å². The van der Waals surface area contributed by atoms with Gasteiger partial charge in [-0.15, -0.1) is 0 Å². The van der Waals surface area contributed by atoms with Gasteiger partial charge in [0.1, 0.15) is 11.6 Å². The third kappa shape index (κ3) is 5.70. The van der Waals surface area contributed by atoms with Crippen LogP contribution in [-0.4, -0.2) is 30.3 Å². The molecule has 0 saturated heterocycles. The molecule has 0 radical (unpaired) electrons. The molecule has 1 aromatic rings. The number of amides is 1. The third-order valence-corrected chi connectivity index (χ3v) is 2.76. The summed E-state index contributed by atoms with van der Waals surface area (Å²) in [6.45, 7) is 3.79. The van der Waals surface area contributed by atoms with Crippen molar-refractivity contribution in [3.05, 3.63) is 30.1 Å². The van der Waals surface area contributed by atoms with E-state index in [1.807, 2.05) is 13.8 Å². The number of hydrogen-bond donors (Lipinski definition) is 2. The zero-order valence-corrected chi connectivity index (χ0v) is 11.2. The number of benzene rings is 1. The Morgan fingerprint density at radius 2 is 2.21 bits per heavy atom. The molecule has 0 saturated carbocycles. The van der Waals surface area contributed by atoms with E-state index in [2.05, 4.69) is 5.32 Å². The highest BCUT2D eigenvalue weighted by molar-refractivity contribution is 5.77. The first-order valence-electron chi connectivity index (χ1n) is 6.31. The van der Waals surface area contributed by atoms with Crippen LogP contribution < -0.4 is 10.1 Å². The summed E-state index contributed by atoms with van der Waals surface area (Å²) in [5, 5.41) is 11.7. The molecule has 1 aromatic carbocycles. The molecule has 0 spiro atoms. The standard InChI is InChI=1S/C14H20FNO3/c1-10(2)13(6-7-17)16-14(18)9-19-12-5-3-4-11(15)8-12/h3-5,8,10,13,17H,6-7,9H2,1-2H3,(H,16,18). The van der Waals surface area contributed by atoms with Crippen LogP contribution in [-0.2, 0) is 4.79 Å². The van der Waals surface area contributed by atoms with E-state index in [9.17, 15) is 9.18 Å². The van der Waals surface area contributed by atoms with Crippen LogP contribution in [0, 0.1) is 11.7 Å². The van der Waals surface area contributed by atoms with Crippen molar-refractivity contribution in [2.75, 3.05) is 13.2 Å². The molecule has 106 valence electrons. The van der Waals surface area contributed by atoms with Gasteiger partial charge in [-0.1, -0.05) is 19.9 Å². The first-order valence-corrected chi connectivity index (χ1v) is 6.31. The Morgan fingerprint density at radius 3 is 2.79 bits per heavy atom. The monoisotopic (exact) mass is 269 g/mol. The molecule has 0 aromatic heterocycles. The summed E-state index contributed by atoms with van der Waals surface area (Å²) in [5.41, 5.74) is 0. The lowest BCUT2D eigenvalue weighted by atomic mass is 10.0. The van der Waals surface area contributed by atoms with E-state index in [4.69, 9.17) is 9.84 Å². The minimum Gasteiger partial charge on any atom is -0.484 e. The van der Waals surface area contributed by atoms with Gasteiger partial charge in [0, 0.05) is 18.7 Å². The van der Waals surface area contributed by atoms with E-state index in [0.717, 1.165) is 0 Å². The van der Waals surface area contributed by atoms with Crippen molar-refractivity contribution in [1.29, 1.82) is 0 Å². The zero-order chi connectivity index (χ0) is 14.3. The Hall–Kier alpha value is -1.62. The molecule has 4 nitrogen and oxygen atoms in total. The summed E-state index contributed by atoms with van der Waals surface area (Å²) >= 11 is 0. The lowest BCUT2D eigenvalue weighted by molar-refractivity contribution is -0.124. The Morgan fingerprint density at radius 1 is 1.47 bits per heavy atom. The summed E-state index contributed by atoms with van der Waals surface area (Å²) < 4.78 is 18.1. The first kappa shape index (κ1) is 15.4. The van der Waals surface area contributed by atoms with Gasteiger partial charge < -0.3 is 15.2 Å². The van der Waals surface area contributed by atoms with E-state index in [1.165, 1.54) is 18.2 Å². The van der Waals surface area contributed by atoms with Crippen molar-refractivity contribution in [2.24, 2.45) is 5.92 Å². The van der Waals surface area contributed by atoms with Crippen molar-refractivity contribution < 1.29 is 19.0 Å². The van der Waals surface area contributed by atoms with E-state index >= 15 is 0 Å². The molecule has 0 aliphatic rings. The molecule has 0 bridgehead atoms. The fraction of sp³-hybridized carbons (Fsp3) is 0.500. The number of halogens is 1. The predicted molar refractivity (Wildman–Crippen MR) is 70.4 cm³/mol. The maximum absolute atomic E-state index is 12.9. The van der Waals surface area contributed by atoms with Crippen molar-refractivity contribution >= 4 is 5.91 Å². The molecule has 19 heavy (non-hydrogen) atoms. The Labute approximate surface area is 112 Å². The molecule has 1 rings (SSSR count). The molecule has 2 N–H and O–H groups in total. The van der Waals surface area contributed by atoms with Crippen LogP contribution in [0.15, 0.2) is 24.3 Å². The fourth-order valence-corrected chi connectivity index (χ4v) is 1.67. The number of hydrogen-bond acceptors (Lipinski definition) is 3. The topological polar surface area (TPSA) is 58.6 Å². The smallest absolute Gasteiger partial charge is 0.258 e. The van der Waals surface area contributed by atoms with Crippen molar-refractivity contribution in [3.63, 3.8) is 0 Å². The minimum absolute atomic E-state index is 0.0217. The number of carbonyl (C=O) groups is 1. The maximum atomic E-state index is 12.9. The van der Waals surface area contributed by atoms with Gasteiger partial charge in [-0.05, 0) is 24.5 Å². The lowest BCUT2D eigenvalue weighted by Crippen LogP contribution is -2.41. The van der Waals surface area contributed by atoms with E-state index < -0.39 is 5.82 Å². The molecule has 1 atom stereocenters.